The topological polar surface area (TPSA) is 93.6 Å². The number of nitrogens with one attached hydrogen (secondary N) is 2. The first-order valence-electron chi connectivity index (χ1n) is 10.5. The van der Waals surface area contributed by atoms with Crippen LogP contribution in [0.1, 0.15) is 5.82 Å². The van der Waals surface area contributed by atoms with Crippen LogP contribution >= 0.6 is 0 Å². The summed E-state index contributed by atoms with van der Waals surface area (Å²) in [6.45, 7) is 0.230. The minimum absolute atomic E-state index is 0.230. The summed E-state index contributed by atoms with van der Waals surface area (Å²) in [5, 5.41) is 5.68. The van der Waals surface area contributed by atoms with Crippen LogP contribution in [0.25, 0.3) is 39.4 Å². The summed E-state index contributed by atoms with van der Waals surface area (Å²) >= 11 is 0. The number of H-pyrrole nitrogens is 2. The molecule has 2 N–H and O–H groups in total. The van der Waals surface area contributed by atoms with Gasteiger partial charge in [0.25, 0.3) is 0 Å². The van der Waals surface area contributed by atoms with E-state index in [1.807, 2.05) is 78.9 Å². The third kappa shape index (κ3) is 3.47. The number of aromatic amines is 2. The molecule has 0 fully saturated rings. The Balaban J connectivity index is 1.46. The van der Waals surface area contributed by atoms with Crippen molar-refractivity contribution in [3.8, 4) is 29.0 Å². The molecule has 3 aromatic carbocycles. The average molecular weight is 436 g/mol. The second kappa shape index (κ2) is 7.83. The molecule has 3 aromatic heterocycles. The molecule has 8 heteroatoms. The molecule has 0 saturated heterocycles. The van der Waals surface area contributed by atoms with E-state index in [2.05, 4.69) is 9.97 Å². The van der Waals surface area contributed by atoms with Gasteiger partial charge in [0.15, 0.2) is 11.6 Å². The van der Waals surface area contributed by atoms with Crippen molar-refractivity contribution >= 4 is 21.9 Å². The van der Waals surface area contributed by atoms with E-state index in [1.165, 1.54) is 0 Å². The first-order chi connectivity index (χ1) is 16.3. The van der Waals surface area contributed by atoms with E-state index in [9.17, 15) is 0 Å². The smallest absolute Gasteiger partial charge is 0.231 e. The van der Waals surface area contributed by atoms with Crippen LogP contribution in [0.4, 0.5) is 0 Å². The fourth-order valence-electron chi connectivity index (χ4n) is 3.87. The molecule has 0 saturated carbocycles. The van der Waals surface area contributed by atoms with Crippen molar-refractivity contribution in [2.45, 2.75) is 6.61 Å². The highest BCUT2D eigenvalue weighted by Gasteiger charge is 2.19. The molecular formula is C25H20N6O2. The van der Waals surface area contributed by atoms with Crippen LogP contribution < -0.4 is 9.47 Å². The van der Waals surface area contributed by atoms with E-state index in [-0.39, 0.29) is 6.61 Å². The number of hydrogen-bond donors (Lipinski definition) is 2. The maximum Gasteiger partial charge on any atom is 0.231 e. The second-order valence-corrected chi connectivity index (χ2v) is 7.55. The molecule has 0 aliphatic carbocycles. The van der Waals surface area contributed by atoms with Gasteiger partial charge in [0.1, 0.15) is 18.1 Å². The van der Waals surface area contributed by atoms with Crippen molar-refractivity contribution in [2.75, 3.05) is 7.11 Å². The van der Waals surface area contributed by atoms with Crippen LogP contribution in [0.5, 0.6) is 11.5 Å². The zero-order chi connectivity index (χ0) is 22.2. The van der Waals surface area contributed by atoms with E-state index in [0.29, 0.717) is 17.6 Å². The zero-order valence-electron chi connectivity index (χ0n) is 17.8. The molecule has 0 radical (unpaired) electrons. The summed E-state index contributed by atoms with van der Waals surface area (Å²) in [5.74, 6) is 3.29. The Bertz CT molecular complexity index is 1530. The minimum atomic E-state index is 0.230. The lowest BCUT2D eigenvalue weighted by molar-refractivity contribution is 0.296. The zero-order valence-corrected chi connectivity index (χ0v) is 17.8. The number of benzene rings is 3. The van der Waals surface area contributed by atoms with Gasteiger partial charge in [-0.3, -0.25) is 0 Å². The number of imidazole rings is 1. The molecule has 0 aliphatic rings. The Morgan fingerprint density at radius 2 is 1.67 bits per heavy atom. The van der Waals surface area contributed by atoms with E-state index < -0.39 is 0 Å². The lowest BCUT2D eigenvalue weighted by Crippen LogP contribution is -2.03. The van der Waals surface area contributed by atoms with Crippen molar-refractivity contribution in [3.63, 3.8) is 0 Å². The van der Waals surface area contributed by atoms with Gasteiger partial charge in [-0.05, 0) is 42.5 Å². The summed E-state index contributed by atoms with van der Waals surface area (Å²) in [4.78, 5) is 16.3. The normalized spacial score (nSPS) is 11.3. The van der Waals surface area contributed by atoms with Crippen LogP contribution in [0, 0.1) is 0 Å². The largest absolute Gasteiger partial charge is 0.496 e. The number of methoxy groups -OCH3 is 1. The van der Waals surface area contributed by atoms with Gasteiger partial charge < -0.3 is 19.4 Å². The molecule has 6 aromatic rings. The minimum Gasteiger partial charge on any atom is -0.496 e. The third-order valence-electron chi connectivity index (χ3n) is 5.42. The monoisotopic (exact) mass is 436 g/mol. The Kier molecular flexibility index (Phi) is 4.54. The Morgan fingerprint density at radius 1 is 0.848 bits per heavy atom. The molecule has 0 spiro atoms. The molecule has 162 valence electrons. The highest BCUT2D eigenvalue weighted by Crippen LogP contribution is 2.31. The summed E-state index contributed by atoms with van der Waals surface area (Å²) in [6, 6.07) is 25.4. The van der Waals surface area contributed by atoms with E-state index in [4.69, 9.17) is 24.5 Å². The first kappa shape index (κ1) is 19.1. The highest BCUT2D eigenvalue weighted by molar-refractivity contribution is 5.90. The number of para-hydroxylation sites is 3. The van der Waals surface area contributed by atoms with Crippen molar-refractivity contribution in [3.05, 3.63) is 84.7 Å². The van der Waals surface area contributed by atoms with Crippen molar-refractivity contribution in [1.29, 1.82) is 0 Å². The van der Waals surface area contributed by atoms with E-state index in [0.717, 1.165) is 39.1 Å². The van der Waals surface area contributed by atoms with Gasteiger partial charge in [0, 0.05) is 10.9 Å². The van der Waals surface area contributed by atoms with E-state index >= 15 is 0 Å². The predicted molar refractivity (Wildman–Crippen MR) is 126 cm³/mol. The summed E-state index contributed by atoms with van der Waals surface area (Å²) in [7, 11) is 1.66. The Hall–Kier alpha value is -4.59. The Labute approximate surface area is 188 Å². The molecule has 3 heterocycles. The van der Waals surface area contributed by atoms with Crippen LogP contribution in [0.3, 0.4) is 0 Å². The average Bonchev–Trinajstić information content (AvgIpc) is 3.58. The fraction of sp³-hybridized carbons (Fsp3) is 0.0800. The molecule has 0 atom stereocenters. The predicted octanol–water partition coefficient (Wildman–Crippen LogP) is 4.88. The molecule has 8 nitrogen and oxygen atoms in total. The van der Waals surface area contributed by atoms with Crippen LogP contribution in [-0.4, -0.2) is 36.8 Å². The molecule has 6 rings (SSSR count). The van der Waals surface area contributed by atoms with Gasteiger partial charge in [-0.15, -0.1) is 5.10 Å². The third-order valence-corrected chi connectivity index (χ3v) is 5.42. The molecule has 33 heavy (non-hydrogen) atoms. The lowest BCUT2D eigenvalue weighted by Gasteiger charge is -2.01. The summed E-state index contributed by atoms with van der Waals surface area (Å²) in [6.07, 6.45) is 0. The van der Waals surface area contributed by atoms with Crippen LogP contribution in [-0.2, 0) is 6.61 Å². The first-order valence-corrected chi connectivity index (χ1v) is 10.5. The molecule has 0 amide bonds. The lowest BCUT2D eigenvalue weighted by atomic mass is 10.2. The van der Waals surface area contributed by atoms with E-state index in [1.54, 1.807) is 11.8 Å². The van der Waals surface area contributed by atoms with Gasteiger partial charge in [0.2, 0.25) is 5.95 Å². The maximum absolute atomic E-state index is 5.89. The van der Waals surface area contributed by atoms with Crippen molar-refractivity contribution in [2.24, 2.45) is 0 Å². The van der Waals surface area contributed by atoms with Gasteiger partial charge in [-0.2, -0.15) is 4.68 Å². The number of fused-ring (bicyclic) bond motifs is 2. The van der Waals surface area contributed by atoms with Crippen LogP contribution in [0.2, 0.25) is 0 Å². The SMILES string of the molecule is COc1cccc2[nH]c(-c3nc(COc4ccccc4)nn3-c3nc4ccccc4[nH]3)cc12. The molecule has 0 unspecified atom stereocenters. The molecule has 0 aliphatic heterocycles. The quantitative estimate of drug-likeness (QED) is 0.388. The van der Waals surface area contributed by atoms with Crippen molar-refractivity contribution < 1.29 is 9.47 Å². The van der Waals surface area contributed by atoms with Gasteiger partial charge in [0.05, 0.1) is 23.8 Å². The molecular weight excluding hydrogens is 416 g/mol. The Morgan fingerprint density at radius 3 is 2.52 bits per heavy atom. The number of aromatic nitrogens is 6. The number of hydrogen-bond acceptors (Lipinski definition) is 5. The second-order valence-electron chi connectivity index (χ2n) is 7.55. The van der Waals surface area contributed by atoms with Crippen molar-refractivity contribution in [1.82, 2.24) is 29.7 Å². The fourth-order valence-corrected chi connectivity index (χ4v) is 3.87. The highest BCUT2D eigenvalue weighted by atomic mass is 16.5. The maximum atomic E-state index is 5.89. The summed E-state index contributed by atoms with van der Waals surface area (Å²) in [5.41, 5.74) is 3.53. The number of ether oxygens (including phenoxy) is 2. The standard InChI is InChI=1S/C25H20N6O2/c1-32-22-13-7-12-18-17(22)14-21(26-18)24-29-23(15-33-16-8-3-2-4-9-16)30-31(24)25-27-19-10-5-6-11-20(19)28-25/h2-14,26H,15H2,1H3,(H,27,28). The number of rotatable bonds is 6. The van der Waals surface area contributed by atoms with Gasteiger partial charge >= 0.3 is 0 Å². The van der Waals surface area contributed by atoms with Gasteiger partial charge in [-0.1, -0.05) is 36.4 Å². The van der Waals surface area contributed by atoms with Gasteiger partial charge in [-0.25, -0.2) is 9.97 Å². The van der Waals surface area contributed by atoms with Crippen LogP contribution in [0.15, 0.2) is 78.9 Å². The molecule has 0 bridgehead atoms. The number of nitrogens with zero attached hydrogens (tertiary/aromatic N) is 4. The summed E-state index contributed by atoms with van der Waals surface area (Å²) < 4.78 is 13.1.